The van der Waals surface area contributed by atoms with Crippen LogP contribution >= 0.6 is 0 Å². The summed E-state index contributed by atoms with van der Waals surface area (Å²) >= 11 is 0. The Balaban J connectivity index is 1.53. The lowest BCUT2D eigenvalue weighted by Gasteiger charge is -2.24. The Labute approximate surface area is 294 Å². The predicted molar refractivity (Wildman–Crippen MR) is 197 cm³/mol. The van der Waals surface area contributed by atoms with E-state index in [9.17, 15) is 14.4 Å². The topological polar surface area (TPSA) is 142 Å². The lowest BCUT2D eigenvalue weighted by atomic mass is 10.1. The molecule has 0 spiro atoms. The lowest BCUT2D eigenvalue weighted by Crippen LogP contribution is -2.49. The van der Waals surface area contributed by atoms with Crippen molar-refractivity contribution in [2.45, 2.75) is 103 Å². The lowest BCUT2D eigenvalue weighted by molar-refractivity contribution is -0.123. The molecule has 0 fully saturated rings. The molecular formula is C38H62N6O5. The van der Waals surface area contributed by atoms with Gasteiger partial charge in [-0.05, 0) is 117 Å². The number of nitrogens with one attached hydrogen (secondary N) is 6. The van der Waals surface area contributed by atoms with Crippen molar-refractivity contribution in [1.29, 1.82) is 0 Å². The third-order valence-corrected chi connectivity index (χ3v) is 7.22. The van der Waals surface area contributed by atoms with Gasteiger partial charge in [0, 0.05) is 25.6 Å². The molecule has 0 bridgehead atoms. The molecule has 0 saturated heterocycles. The highest BCUT2D eigenvalue weighted by Gasteiger charge is 2.24. The molecule has 11 heteroatoms. The average molecular weight is 683 g/mol. The van der Waals surface area contributed by atoms with Crippen molar-refractivity contribution in [2.75, 3.05) is 45.8 Å². The summed E-state index contributed by atoms with van der Waals surface area (Å²) in [6, 6.07) is 19.0. The molecule has 3 amide bonds. The number of amides is 3. The number of ether oxygens (including phenoxy) is 2. The maximum Gasteiger partial charge on any atom is 0.408 e. The maximum atomic E-state index is 12.9. The van der Waals surface area contributed by atoms with Crippen LogP contribution in [0.1, 0.15) is 78.4 Å². The van der Waals surface area contributed by atoms with Crippen LogP contribution in [0.4, 0.5) is 9.59 Å². The molecule has 0 unspecified atom stereocenters. The molecule has 2 rings (SSSR count). The molecule has 0 aromatic heterocycles. The van der Waals surface area contributed by atoms with Gasteiger partial charge in [0.25, 0.3) is 0 Å². The van der Waals surface area contributed by atoms with Crippen LogP contribution in [0.25, 0.3) is 0 Å². The summed E-state index contributed by atoms with van der Waals surface area (Å²) in [5, 5.41) is 19.1. The summed E-state index contributed by atoms with van der Waals surface area (Å²) in [6.45, 7) is 16.6. The first kappa shape index (κ1) is 41.5. The molecule has 0 radical (unpaired) electrons. The fourth-order valence-corrected chi connectivity index (χ4v) is 4.97. The molecule has 0 aliphatic carbocycles. The van der Waals surface area contributed by atoms with Gasteiger partial charge in [-0.25, -0.2) is 9.59 Å². The molecule has 2 atom stereocenters. The van der Waals surface area contributed by atoms with Crippen LogP contribution in [0.15, 0.2) is 60.7 Å². The summed E-state index contributed by atoms with van der Waals surface area (Å²) in [7, 11) is 0. The zero-order valence-corrected chi connectivity index (χ0v) is 30.7. The van der Waals surface area contributed by atoms with Crippen molar-refractivity contribution in [3.63, 3.8) is 0 Å². The van der Waals surface area contributed by atoms with Crippen molar-refractivity contribution in [3.05, 3.63) is 71.8 Å². The van der Waals surface area contributed by atoms with Gasteiger partial charge in [-0.3, -0.25) is 4.79 Å². The zero-order chi connectivity index (χ0) is 36.0. The van der Waals surface area contributed by atoms with Gasteiger partial charge in [0.05, 0.1) is 0 Å². The second-order valence-electron chi connectivity index (χ2n) is 14.3. The van der Waals surface area contributed by atoms with E-state index in [1.807, 2.05) is 69.3 Å². The van der Waals surface area contributed by atoms with E-state index in [0.717, 1.165) is 70.4 Å². The van der Waals surface area contributed by atoms with E-state index in [0.29, 0.717) is 19.5 Å². The zero-order valence-electron chi connectivity index (χ0n) is 30.7. The number of benzene rings is 2. The van der Waals surface area contributed by atoms with Crippen LogP contribution < -0.4 is 31.9 Å². The number of carbonyl (C=O) groups is 3. The average Bonchev–Trinajstić information content (AvgIpc) is 3.01. The first-order chi connectivity index (χ1) is 23.3. The van der Waals surface area contributed by atoms with Gasteiger partial charge in [0.2, 0.25) is 5.91 Å². The molecule has 0 aliphatic rings. The van der Waals surface area contributed by atoms with Crippen molar-refractivity contribution >= 4 is 18.1 Å². The van der Waals surface area contributed by atoms with Crippen LogP contribution in [0.5, 0.6) is 0 Å². The predicted octanol–water partition coefficient (Wildman–Crippen LogP) is 4.70. The van der Waals surface area contributed by atoms with E-state index in [1.165, 1.54) is 5.56 Å². The summed E-state index contributed by atoms with van der Waals surface area (Å²) in [5.41, 5.74) is 0.956. The van der Waals surface area contributed by atoms with E-state index in [2.05, 4.69) is 44.0 Å². The highest BCUT2D eigenvalue weighted by atomic mass is 16.6. The first-order valence-electron chi connectivity index (χ1n) is 17.8. The first-order valence-corrected chi connectivity index (χ1v) is 17.8. The Morgan fingerprint density at radius 3 is 1.55 bits per heavy atom. The van der Waals surface area contributed by atoms with E-state index in [-0.39, 0.29) is 11.9 Å². The van der Waals surface area contributed by atoms with Crippen molar-refractivity contribution in [2.24, 2.45) is 0 Å². The third kappa shape index (κ3) is 21.8. The standard InChI is InChI=1S/C38H62N6O5/c1-37(2,3)48-35(46)43-32(27-30-17-9-7-10-18-30)29-41-25-15-23-39-21-13-14-22-40-24-16-26-42-34(45)33(28-31-19-11-8-12-20-31)44-36(47)49-38(4,5)6/h7-12,17-20,32-33,39-41H,13-16,21-29H2,1-6H3,(H,42,45)(H,43,46)(H,44,47)/t32-,33-/m0/s1. The molecule has 0 aliphatic heterocycles. The van der Waals surface area contributed by atoms with Gasteiger partial charge in [-0.15, -0.1) is 0 Å². The Morgan fingerprint density at radius 2 is 1.02 bits per heavy atom. The van der Waals surface area contributed by atoms with Crippen molar-refractivity contribution < 1.29 is 23.9 Å². The minimum absolute atomic E-state index is 0.0632. The minimum Gasteiger partial charge on any atom is -0.444 e. The van der Waals surface area contributed by atoms with Gasteiger partial charge in [0.15, 0.2) is 0 Å². The number of carbonyl (C=O) groups excluding carboxylic acids is 3. The fourth-order valence-electron chi connectivity index (χ4n) is 4.97. The van der Waals surface area contributed by atoms with Crippen LogP contribution in [0.3, 0.4) is 0 Å². The Hall–Kier alpha value is -3.67. The van der Waals surface area contributed by atoms with Crippen LogP contribution in [0.2, 0.25) is 0 Å². The maximum absolute atomic E-state index is 12.9. The normalized spacial score (nSPS) is 12.9. The summed E-state index contributed by atoms with van der Waals surface area (Å²) in [4.78, 5) is 37.6. The number of rotatable bonds is 22. The molecule has 2 aromatic carbocycles. The highest BCUT2D eigenvalue weighted by molar-refractivity contribution is 5.86. The number of unbranched alkanes of at least 4 members (excludes halogenated alkanes) is 1. The van der Waals surface area contributed by atoms with Gasteiger partial charge >= 0.3 is 12.2 Å². The van der Waals surface area contributed by atoms with E-state index in [1.54, 1.807) is 20.8 Å². The van der Waals surface area contributed by atoms with Crippen molar-refractivity contribution in [1.82, 2.24) is 31.9 Å². The van der Waals surface area contributed by atoms with Gasteiger partial charge in [-0.1, -0.05) is 60.7 Å². The number of alkyl carbamates (subject to hydrolysis) is 2. The SMILES string of the molecule is CC(C)(C)OC(=O)N[C@H](CNCCCNCCCCNCCCNC(=O)[C@H](Cc1ccccc1)NC(=O)OC(C)(C)C)Cc1ccccc1. The minimum atomic E-state index is -0.716. The molecule has 0 saturated carbocycles. The molecule has 11 nitrogen and oxygen atoms in total. The second kappa shape index (κ2) is 22.9. The monoisotopic (exact) mass is 682 g/mol. The Morgan fingerprint density at radius 1 is 0.571 bits per heavy atom. The van der Waals surface area contributed by atoms with Crippen LogP contribution in [-0.2, 0) is 27.1 Å². The summed E-state index contributed by atoms with van der Waals surface area (Å²) in [6.07, 6.45) is 4.05. The highest BCUT2D eigenvalue weighted by Crippen LogP contribution is 2.10. The smallest absolute Gasteiger partial charge is 0.408 e. The molecule has 274 valence electrons. The fraction of sp³-hybridized carbons (Fsp3) is 0.605. The summed E-state index contributed by atoms with van der Waals surface area (Å²) in [5.74, 6) is -0.222. The Bertz CT molecular complexity index is 1200. The van der Waals surface area contributed by atoms with Gasteiger partial charge in [0.1, 0.15) is 17.2 Å². The molecule has 49 heavy (non-hydrogen) atoms. The molecule has 2 aromatic rings. The van der Waals surface area contributed by atoms with Crippen molar-refractivity contribution in [3.8, 4) is 0 Å². The number of hydrogen-bond acceptors (Lipinski definition) is 8. The number of hydrogen-bond donors (Lipinski definition) is 6. The largest absolute Gasteiger partial charge is 0.444 e. The Kier molecular flexibility index (Phi) is 19.4. The summed E-state index contributed by atoms with van der Waals surface area (Å²) < 4.78 is 10.8. The van der Waals surface area contributed by atoms with Crippen LogP contribution in [0, 0.1) is 0 Å². The molecular weight excluding hydrogens is 620 g/mol. The quantitative estimate of drug-likeness (QED) is 0.0982. The van der Waals surface area contributed by atoms with E-state index >= 15 is 0 Å². The molecule has 6 N–H and O–H groups in total. The third-order valence-electron chi connectivity index (χ3n) is 7.22. The van der Waals surface area contributed by atoms with Crippen LogP contribution in [-0.4, -0.2) is 87.2 Å². The molecule has 0 heterocycles. The van der Waals surface area contributed by atoms with E-state index in [4.69, 9.17) is 9.47 Å². The van der Waals surface area contributed by atoms with Gasteiger partial charge < -0.3 is 41.4 Å². The van der Waals surface area contributed by atoms with E-state index < -0.39 is 29.4 Å². The second-order valence-corrected chi connectivity index (χ2v) is 14.3. The van der Waals surface area contributed by atoms with Gasteiger partial charge in [-0.2, -0.15) is 0 Å².